The number of hydrogen-bond donors (Lipinski definition) is 3. The van der Waals surface area contributed by atoms with E-state index in [2.05, 4.69) is 15.6 Å². The number of carboxylic acids is 1. The molecule has 7 heteroatoms. The molecule has 1 heterocycles. The van der Waals surface area contributed by atoms with Crippen LogP contribution in [0.25, 0.3) is 0 Å². The zero-order chi connectivity index (χ0) is 12.8. The van der Waals surface area contributed by atoms with Gasteiger partial charge in [0.1, 0.15) is 5.69 Å². The van der Waals surface area contributed by atoms with Gasteiger partial charge in [0.25, 0.3) is 0 Å². The number of nitrogens with one attached hydrogen (secondary N) is 2. The molecule has 1 aromatic heterocycles. The first kappa shape index (κ1) is 12.6. The van der Waals surface area contributed by atoms with Crippen molar-refractivity contribution < 1.29 is 19.5 Å². The predicted molar refractivity (Wildman–Crippen MR) is 58.5 cm³/mol. The Hall–Kier alpha value is -2.44. The van der Waals surface area contributed by atoms with Crippen LogP contribution in [0.15, 0.2) is 18.3 Å². The Balaban J connectivity index is 2.62. The molecule has 7 nitrogen and oxygen atoms in total. The van der Waals surface area contributed by atoms with Gasteiger partial charge in [0.2, 0.25) is 11.8 Å². The zero-order valence-corrected chi connectivity index (χ0v) is 9.06. The standard InChI is InChI=1S/C10H11N3O4/c1-6(14)12-5-9(15)13-7-2-3-11-8(4-7)10(16)17/h2-4H,5H2,1H3,(H,12,14)(H,16,17)(H,11,13,15). The first-order valence-corrected chi connectivity index (χ1v) is 4.72. The molecule has 0 aliphatic rings. The highest BCUT2D eigenvalue weighted by Crippen LogP contribution is 2.07. The van der Waals surface area contributed by atoms with E-state index in [0.29, 0.717) is 5.69 Å². The predicted octanol–water partition coefficient (Wildman–Crippen LogP) is -0.146. The van der Waals surface area contributed by atoms with Gasteiger partial charge in [0.05, 0.1) is 6.54 Å². The third-order valence-corrected chi connectivity index (χ3v) is 1.76. The summed E-state index contributed by atoms with van der Waals surface area (Å²) < 4.78 is 0. The summed E-state index contributed by atoms with van der Waals surface area (Å²) in [5.74, 6) is -1.94. The Morgan fingerprint density at radius 1 is 1.41 bits per heavy atom. The van der Waals surface area contributed by atoms with Crippen molar-refractivity contribution in [2.45, 2.75) is 6.92 Å². The number of carbonyl (C=O) groups is 3. The molecule has 0 saturated heterocycles. The molecule has 0 fully saturated rings. The molecule has 0 unspecified atom stereocenters. The van der Waals surface area contributed by atoms with Gasteiger partial charge in [-0.2, -0.15) is 0 Å². The maximum absolute atomic E-state index is 11.3. The van der Waals surface area contributed by atoms with Gasteiger partial charge in [0.15, 0.2) is 0 Å². The van der Waals surface area contributed by atoms with Crippen LogP contribution in [0.5, 0.6) is 0 Å². The molecular weight excluding hydrogens is 226 g/mol. The molecule has 1 aromatic rings. The molecule has 90 valence electrons. The number of amides is 2. The molecular formula is C10H11N3O4. The second-order valence-electron chi connectivity index (χ2n) is 3.19. The van der Waals surface area contributed by atoms with Gasteiger partial charge in [-0.25, -0.2) is 9.78 Å². The lowest BCUT2D eigenvalue weighted by molar-refractivity contribution is -0.122. The minimum Gasteiger partial charge on any atom is -0.477 e. The van der Waals surface area contributed by atoms with Crippen LogP contribution in [0.3, 0.4) is 0 Å². The fourth-order valence-electron chi connectivity index (χ4n) is 1.04. The van der Waals surface area contributed by atoms with E-state index in [1.165, 1.54) is 25.3 Å². The molecule has 0 bridgehead atoms. The summed E-state index contributed by atoms with van der Waals surface area (Å²) in [5.41, 5.74) is 0.148. The Morgan fingerprint density at radius 3 is 2.71 bits per heavy atom. The summed E-state index contributed by atoms with van der Waals surface area (Å²) >= 11 is 0. The minimum absolute atomic E-state index is 0.165. The third kappa shape index (κ3) is 4.29. The van der Waals surface area contributed by atoms with Crippen LogP contribution >= 0.6 is 0 Å². The first-order chi connectivity index (χ1) is 7.99. The van der Waals surface area contributed by atoms with Crippen molar-refractivity contribution in [1.29, 1.82) is 0 Å². The van der Waals surface area contributed by atoms with Gasteiger partial charge in [-0.1, -0.05) is 0 Å². The fraction of sp³-hybridized carbons (Fsp3) is 0.200. The summed E-state index contributed by atoms with van der Waals surface area (Å²) in [6, 6.07) is 2.69. The van der Waals surface area contributed by atoms with Crippen molar-refractivity contribution >= 4 is 23.5 Å². The van der Waals surface area contributed by atoms with Gasteiger partial charge in [-0.3, -0.25) is 9.59 Å². The Bertz CT molecular complexity index is 459. The molecule has 0 radical (unpaired) electrons. The molecule has 0 aliphatic carbocycles. The maximum atomic E-state index is 11.3. The van der Waals surface area contributed by atoms with Gasteiger partial charge >= 0.3 is 5.97 Å². The van der Waals surface area contributed by atoms with Gasteiger partial charge in [-0.05, 0) is 12.1 Å². The van der Waals surface area contributed by atoms with Crippen LogP contribution in [0, 0.1) is 0 Å². The molecule has 0 atom stereocenters. The number of aromatic carboxylic acids is 1. The van der Waals surface area contributed by atoms with E-state index in [0.717, 1.165) is 0 Å². The minimum atomic E-state index is -1.18. The van der Waals surface area contributed by atoms with E-state index in [1.54, 1.807) is 0 Å². The monoisotopic (exact) mass is 237 g/mol. The number of rotatable bonds is 4. The lowest BCUT2D eigenvalue weighted by Crippen LogP contribution is -2.31. The Labute approximate surface area is 96.9 Å². The van der Waals surface area contributed by atoms with E-state index >= 15 is 0 Å². The van der Waals surface area contributed by atoms with Gasteiger partial charge in [0, 0.05) is 18.8 Å². The average Bonchev–Trinajstić information content (AvgIpc) is 2.26. The van der Waals surface area contributed by atoms with Crippen LogP contribution in [0.1, 0.15) is 17.4 Å². The summed E-state index contributed by atoms with van der Waals surface area (Å²) in [7, 11) is 0. The SMILES string of the molecule is CC(=O)NCC(=O)Nc1ccnc(C(=O)O)c1. The molecule has 0 aliphatic heterocycles. The molecule has 17 heavy (non-hydrogen) atoms. The van der Waals surface area contributed by atoms with Crippen molar-refractivity contribution in [3.63, 3.8) is 0 Å². The lowest BCUT2D eigenvalue weighted by atomic mass is 10.3. The highest BCUT2D eigenvalue weighted by atomic mass is 16.4. The number of pyridine rings is 1. The summed E-state index contributed by atoms with van der Waals surface area (Å²) in [6.07, 6.45) is 1.28. The average molecular weight is 237 g/mol. The van der Waals surface area contributed by atoms with Crippen molar-refractivity contribution in [2.24, 2.45) is 0 Å². The highest BCUT2D eigenvalue weighted by molar-refractivity contribution is 5.95. The highest BCUT2D eigenvalue weighted by Gasteiger charge is 2.07. The van der Waals surface area contributed by atoms with Crippen LogP contribution in [0.4, 0.5) is 5.69 Å². The van der Waals surface area contributed by atoms with Crippen molar-refractivity contribution in [2.75, 3.05) is 11.9 Å². The van der Waals surface area contributed by atoms with Gasteiger partial charge < -0.3 is 15.7 Å². The molecule has 0 aromatic carbocycles. The second kappa shape index (κ2) is 5.59. The quantitative estimate of drug-likeness (QED) is 0.675. The molecule has 0 saturated carbocycles. The lowest BCUT2D eigenvalue weighted by Gasteiger charge is -2.05. The summed E-state index contributed by atoms with van der Waals surface area (Å²) in [6.45, 7) is 1.13. The number of anilines is 1. The Kier molecular flexibility index (Phi) is 4.15. The first-order valence-electron chi connectivity index (χ1n) is 4.72. The van der Waals surface area contributed by atoms with Gasteiger partial charge in [-0.15, -0.1) is 0 Å². The summed E-state index contributed by atoms with van der Waals surface area (Å²) in [4.78, 5) is 36.1. The Morgan fingerprint density at radius 2 is 2.12 bits per heavy atom. The zero-order valence-electron chi connectivity index (χ0n) is 9.06. The van der Waals surface area contributed by atoms with Crippen LogP contribution in [0.2, 0.25) is 0 Å². The van der Waals surface area contributed by atoms with Crippen molar-refractivity contribution in [3.05, 3.63) is 24.0 Å². The molecule has 0 spiro atoms. The van der Waals surface area contributed by atoms with E-state index in [4.69, 9.17) is 5.11 Å². The third-order valence-electron chi connectivity index (χ3n) is 1.76. The number of nitrogens with zero attached hydrogens (tertiary/aromatic N) is 1. The van der Waals surface area contributed by atoms with E-state index < -0.39 is 11.9 Å². The molecule has 2 amide bonds. The van der Waals surface area contributed by atoms with Crippen molar-refractivity contribution in [1.82, 2.24) is 10.3 Å². The fourth-order valence-corrected chi connectivity index (χ4v) is 1.04. The van der Waals surface area contributed by atoms with Crippen LogP contribution in [-0.4, -0.2) is 34.4 Å². The summed E-state index contributed by atoms with van der Waals surface area (Å²) in [5, 5.41) is 13.4. The number of carboxylic acid groups (broad SMARTS) is 1. The number of carbonyl (C=O) groups excluding carboxylic acids is 2. The van der Waals surface area contributed by atoms with E-state index in [1.807, 2.05) is 0 Å². The number of hydrogen-bond acceptors (Lipinski definition) is 4. The van der Waals surface area contributed by atoms with E-state index in [9.17, 15) is 14.4 Å². The van der Waals surface area contributed by atoms with Crippen LogP contribution in [-0.2, 0) is 9.59 Å². The molecule has 1 rings (SSSR count). The topological polar surface area (TPSA) is 108 Å². The largest absolute Gasteiger partial charge is 0.477 e. The second-order valence-corrected chi connectivity index (χ2v) is 3.19. The van der Waals surface area contributed by atoms with Crippen molar-refractivity contribution in [3.8, 4) is 0 Å². The smallest absolute Gasteiger partial charge is 0.354 e. The van der Waals surface area contributed by atoms with Crippen LogP contribution < -0.4 is 10.6 Å². The number of aromatic nitrogens is 1. The molecule has 3 N–H and O–H groups in total. The normalized spacial score (nSPS) is 9.47. The van der Waals surface area contributed by atoms with E-state index in [-0.39, 0.29) is 18.1 Å². The maximum Gasteiger partial charge on any atom is 0.354 e.